The Kier molecular flexibility index (Phi) is 7.59. The fourth-order valence-corrected chi connectivity index (χ4v) is 5.08. The van der Waals surface area contributed by atoms with Crippen LogP contribution in [-0.2, 0) is 11.3 Å². The third-order valence-corrected chi connectivity index (χ3v) is 6.99. The molecule has 0 atom stereocenters. The predicted molar refractivity (Wildman–Crippen MR) is 128 cm³/mol. The summed E-state index contributed by atoms with van der Waals surface area (Å²) in [5.41, 5.74) is 8.68. The number of nitrogens with two attached hydrogens (primary N) is 1. The van der Waals surface area contributed by atoms with E-state index in [1.54, 1.807) is 0 Å². The van der Waals surface area contributed by atoms with Crippen molar-refractivity contribution in [3.8, 4) is 0 Å². The standard InChI is InChI=1S/C27H35N3O2/c28-23-14-16-25(17-15-23)30(27(32)22-11-5-2-6-12-22)19-20-8-7-13-24(18-20)29-26(31)21-9-3-1-4-10-21/h2,5-8,11-13,18,21,23,25H,1,3-4,9-10,14-17,19,28H2,(H,29,31). The minimum absolute atomic E-state index is 0.0581. The molecule has 2 fully saturated rings. The monoisotopic (exact) mass is 433 g/mol. The van der Waals surface area contributed by atoms with Gasteiger partial charge in [-0.2, -0.15) is 0 Å². The molecule has 170 valence electrons. The zero-order chi connectivity index (χ0) is 22.3. The number of anilines is 1. The van der Waals surface area contributed by atoms with Gasteiger partial charge in [-0.3, -0.25) is 9.59 Å². The maximum absolute atomic E-state index is 13.4. The van der Waals surface area contributed by atoms with E-state index in [9.17, 15) is 9.59 Å². The highest BCUT2D eigenvalue weighted by Gasteiger charge is 2.28. The Morgan fingerprint density at radius 2 is 1.59 bits per heavy atom. The van der Waals surface area contributed by atoms with Crippen LogP contribution in [0.3, 0.4) is 0 Å². The molecule has 2 saturated carbocycles. The third kappa shape index (κ3) is 5.77. The molecule has 4 rings (SSSR count). The van der Waals surface area contributed by atoms with Gasteiger partial charge in [0.1, 0.15) is 0 Å². The second kappa shape index (κ2) is 10.8. The lowest BCUT2D eigenvalue weighted by Crippen LogP contribution is -2.43. The van der Waals surface area contributed by atoms with E-state index < -0.39 is 0 Å². The first-order chi connectivity index (χ1) is 15.6. The van der Waals surface area contributed by atoms with Gasteiger partial charge in [0.15, 0.2) is 0 Å². The van der Waals surface area contributed by atoms with E-state index in [-0.39, 0.29) is 29.8 Å². The summed E-state index contributed by atoms with van der Waals surface area (Å²) in [7, 11) is 0. The average Bonchev–Trinajstić information content (AvgIpc) is 2.84. The van der Waals surface area contributed by atoms with Crippen LogP contribution >= 0.6 is 0 Å². The van der Waals surface area contributed by atoms with Crippen molar-refractivity contribution in [2.24, 2.45) is 11.7 Å². The molecule has 0 aliphatic heterocycles. The molecular formula is C27H35N3O2. The number of nitrogens with zero attached hydrogens (tertiary/aromatic N) is 1. The summed E-state index contributed by atoms with van der Waals surface area (Å²) in [6, 6.07) is 17.9. The number of carbonyl (C=O) groups excluding carboxylic acids is 2. The van der Waals surface area contributed by atoms with Crippen molar-refractivity contribution in [2.75, 3.05) is 5.32 Å². The zero-order valence-corrected chi connectivity index (χ0v) is 18.8. The van der Waals surface area contributed by atoms with E-state index in [2.05, 4.69) is 5.32 Å². The summed E-state index contributed by atoms with van der Waals surface area (Å²) < 4.78 is 0. The van der Waals surface area contributed by atoms with Crippen LogP contribution < -0.4 is 11.1 Å². The number of hydrogen-bond donors (Lipinski definition) is 2. The predicted octanol–water partition coefficient (Wildman–Crippen LogP) is 5.12. The van der Waals surface area contributed by atoms with Gasteiger partial charge in [0, 0.05) is 35.8 Å². The molecule has 32 heavy (non-hydrogen) atoms. The number of hydrogen-bond acceptors (Lipinski definition) is 3. The summed E-state index contributed by atoms with van der Waals surface area (Å²) in [4.78, 5) is 28.1. The van der Waals surface area contributed by atoms with Crippen LogP contribution in [0, 0.1) is 5.92 Å². The molecule has 0 unspecified atom stereocenters. The number of rotatable bonds is 6. The largest absolute Gasteiger partial charge is 0.331 e. The molecule has 5 nitrogen and oxygen atoms in total. The van der Waals surface area contributed by atoms with E-state index in [0.29, 0.717) is 12.1 Å². The number of nitrogens with one attached hydrogen (secondary N) is 1. The Hall–Kier alpha value is -2.66. The molecule has 2 amide bonds. The van der Waals surface area contributed by atoms with Gasteiger partial charge in [-0.25, -0.2) is 0 Å². The highest BCUT2D eigenvalue weighted by molar-refractivity contribution is 5.94. The lowest BCUT2D eigenvalue weighted by molar-refractivity contribution is -0.120. The molecule has 0 spiro atoms. The SMILES string of the molecule is NC1CCC(N(Cc2cccc(NC(=O)C3CCCCC3)c2)C(=O)c2ccccc2)CC1. The van der Waals surface area contributed by atoms with Crippen LogP contribution in [0.2, 0.25) is 0 Å². The van der Waals surface area contributed by atoms with E-state index >= 15 is 0 Å². The van der Waals surface area contributed by atoms with Crippen LogP contribution in [-0.4, -0.2) is 28.8 Å². The Bertz CT molecular complexity index is 900. The molecule has 2 aliphatic rings. The van der Waals surface area contributed by atoms with Gasteiger partial charge in [0.2, 0.25) is 5.91 Å². The van der Waals surface area contributed by atoms with Gasteiger partial charge in [-0.1, -0.05) is 49.6 Å². The fraction of sp³-hybridized carbons (Fsp3) is 0.481. The number of amides is 2. The molecule has 2 aromatic rings. The number of carbonyl (C=O) groups is 2. The van der Waals surface area contributed by atoms with Crippen LogP contribution in [0.25, 0.3) is 0 Å². The normalized spacial score (nSPS) is 21.7. The van der Waals surface area contributed by atoms with Crippen LogP contribution in [0.5, 0.6) is 0 Å². The second-order valence-electron chi connectivity index (χ2n) is 9.39. The van der Waals surface area contributed by atoms with Crippen molar-refractivity contribution in [1.29, 1.82) is 0 Å². The van der Waals surface area contributed by atoms with E-state index in [1.807, 2.05) is 59.5 Å². The van der Waals surface area contributed by atoms with E-state index in [4.69, 9.17) is 5.73 Å². The highest BCUT2D eigenvalue weighted by atomic mass is 16.2. The molecule has 5 heteroatoms. The molecule has 3 N–H and O–H groups in total. The topological polar surface area (TPSA) is 75.4 Å². The number of benzene rings is 2. The minimum atomic E-state index is 0.0581. The molecule has 2 aliphatic carbocycles. The molecule has 0 heterocycles. The van der Waals surface area contributed by atoms with E-state index in [1.165, 1.54) is 6.42 Å². The van der Waals surface area contributed by atoms with Crippen molar-refractivity contribution in [2.45, 2.75) is 76.4 Å². The van der Waals surface area contributed by atoms with Crippen molar-refractivity contribution in [1.82, 2.24) is 4.90 Å². The van der Waals surface area contributed by atoms with Crippen molar-refractivity contribution in [3.05, 3.63) is 65.7 Å². The summed E-state index contributed by atoms with van der Waals surface area (Å²) in [5, 5.41) is 3.11. The highest BCUT2D eigenvalue weighted by Crippen LogP contribution is 2.27. The summed E-state index contributed by atoms with van der Waals surface area (Å²) in [6.07, 6.45) is 9.22. The third-order valence-electron chi connectivity index (χ3n) is 6.99. The van der Waals surface area contributed by atoms with Gasteiger partial charge in [0.25, 0.3) is 5.91 Å². The average molecular weight is 434 g/mol. The van der Waals surface area contributed by atoms with Crippen molar-refractivity contribution < 1.29 is 9.59 Å². The maximum Gasteiger partial charge on any atom is 0.254 e. The molecular weight excluding hydrogens is 398 g/mol. The van der Waals surface area contributed by atoms with Crippen molar-refractivity contribution in [3.63, 3.8) is 0 Å². The van der Waals surface area contributed by atoms with Crippen LogP contribution in [0.4, 0.5) is 5.69 Å². The Morgan fingerprint density at radius 3 is 2.31 bits per heavy atom. The lowest BCUT2D eigenvalue weighted by atomic mass is 9.88. The summed E-state index contributed by atoms with van der Waals surface area (Å²) in [5.74, 6) is 0.304. The van der Waals surface area contributed by atoms with Gasteiger partial charge < -0.3 is 16.0 Å². The smallest absolute Gasteiger partial charge is 0.254 e. The first-order valence-electron chi connectivity index (χ1n) is 12.1. The Labute approximate surface area is 191 Å². The first kappa shape index (κ1) is 22.5. The summed E-state index contributed by atoms with van der Waals surface area (Å²) >= 11 is 0. The molecule has 0 saturated heterocycles. The Balaban J connectivity index is 1.49. The molecule has 0 radical (unpaired) electrons. The maximum atomic E-state index is 13.4. The summed E-state index contributed by atoms with van der Waals surface area (Å²) in [6.45, 7) is 0.529. The second-order valence-corrected chi connectivity index (χ2v) is 9.39. The van der Waals surface area contributed by atoms with Gasteiger partial charge in [0.05, 0.1) is 0 Å². The van der Waals surface area contributed by atoms with Gasteiger partial charge in [-0.15, -0.1) is 0 Å². The van der Waals surface area contributed by atoms with Crippen LogP contribution in [0.15, 0.2) is 54.6 Å². The molecule has 0 aromatic heterocycles. The molecule has 0 bridgehead atoms. The van der Waals surface area contributed by atoms with E-state index in [0.717, 1.165) is 62.6 Å². The Morgan fingerprint density at radius 1 is 0.875 bits per heavy atom. The zero-order valence-electron chi connectivity index (χ0n) is 18.8. The van der Waals surface area contributed by atoms with Gasteiger partial charge >= 0.3 is 0 Å². The van der Waals surface area contributed by atoms with Crippen molar-refractivity contribution >= 4 is 17.5 Å². The lowest BCUT2D eigenvalue weighted by Gasteiger charge is -2.36. The van der Waals surface area contributed by atoms with Gasteiger partial charge in [-0.05, 0) is 68.4 Å². The first-order valence-corrected chi connectivity index (χ1v) is 12.1. The minimum Gasteiger partial charge on any atom is -0.331 e. The van der Waals surface area contributed by atoms with Crippen LogP contribution in [0.1, 0.15) is 73.7 Å². The quantitative estimate of drug-likeness (QED) is 0.664. The fourth-order valence-electron chi connectivity index (χ4n) is 5.08. The molecule has 2 aromatic carbocycles.